The minimum Gasteiger partial charge on any atom is -0.492 e. The van der Waals surface area contributed by atoms with E-state index < -0.39 is 0 Å². The van der Waals surface area contributed by atoms with Gasteiger partial charge in [-0.1, -0.05) is 18.2 Å². The quantitative estimate of drug-likeness (QED) is 0.914. The van der Waals surface area contributed by atoms with Crippen molar-refractivity contribution in [3.63, 3.8) is 0 Å². The van der Waals surface area contributed by atoms with Crippen LogP contribution in [-0.4, -0.2) is 17.5 Å². The SMILES string of the molecule is N#Cc1ccc(NC(=O)C2COc3ccccc3C2)nc1. The van der Waals surface area contributed by atoms with Gasteiger partial charge >= 0.3 is 0 Å². The van der Waals surface area contributed by atoms with E-state index in [1.807, 2.05) is 30.3 Å². The molecule has 1 N–H and O–H groups in total. The molecule has 1 aromatic carbocycles. The fourth-order valence-electron chi connectivity index (χ4n) is 2.26. The third-order valence-corrected chi connectivity index (χ3v) is 3.39. The first-order chi connectivity index (χ1) is 10.3. The Labute approximate surface area is 122 Å². The zero-order valence-electron chi connectivity index (χ0n) is 11.2. The normalized spacial score (nSPS) is 16.2. The highest BCUT2D eigenvalue weighted by Crippen LogP contribution is 2.27. The molecule has 0 spiro atoms. The van der Waals surface area contributed by atoms with Gasteiger partial charge in [-0.2, -0.15) is 5.26 Å². The molecule has 5 heteroatoms. The molecule has 1 aliphatic rings. The number of nitriles is 1. The van der Waals surface area contributed by atoms with Crippen LogP contribution >= 0.6 is 0 Å². The number of benzene rings is 1. The second-order valence-electron chi connectivity index (χ2n) is 4.85. The Morgan fingerprint density at radius 3 is 2.95 bits per heavy atom. The summed E-state index contributed by atoms with van der Waals surface area (Å²) >= 11 is 0. The van der Waals surface area contributed by atoms with Crippen molar-refractivity contribution in [1.29, 1.82) is 5.26 Å². The van der Waals surface area contributed by atoms with Crippen LogP contribution in [-0.2, 0) is 11.2 Å². The summed E-state index contributed by atoms with van der Waals surface area (Å²) in [6, 6.07) is 13.0. The van der Waals surface area contributed by atoms with Gasteiger partial charge in [0.05, 0.1) is 11.5 Å². The Bertz CT molecular complexity index is 704. The van der Waals surface area contributed by atoms with E-state index in [0.717, 1.165) is 11.3 Å². The third kappa shape index (κ3) is 2.84. The molecule has 3 rings (SSSR count). The van der Waals surface area contributed by atoms with Crippen LogP contribution in [0.1, 0.15) is 11.1 Å². The van der Waals surface area contributed by atoms with E-state index in [1.165, 1.54) is 6.20 Å². The van der Waals surface area contributed by atoms with E-state index in [-0.39, 0.29) is 11.8 Å². The summed E-state index contributed by atoms with van der Waals surface area (Å²) in [4.78, 5) is 16.3. The molecular formula is C16H13N3O2. The zero-order valence-corrected chi connectivity index (χ0v) is 11.2. The lowest BCUT2D eigenvalue weighted by atomic mass is 9.96. The number of rotatable bonds is 2. The predicted molar refractivity (Wildman–Crippen MR) is 76.7 cm³/mol. The molecule has 0 saturated carbocycles. The van der Waals surface area contributed by atoms with Crippen molar-refractivity contribution >= 4 is 11.7 Å². The van der Waals surface area contributed by atoms with E-state index in [2.05, 4.69) is 10.3 Å². The van der Waals surface area contributed by atoms with Gasteiger partial charge in [0.25, 0.3) is 0 Å². The van der Waals surface area contributed by atoms with Crippen LogP contribution in [0.5, 0.6) is 5.75 Å². The van der Waals surface area contributed by atoms with Crippen LogP contribution in [0.2, 0.25) is 0 Å². The minimum atomic E-state index is -0.239. The summed E-state index contributed by atoms with van der Waals surface area (Å²) in [6.45, 7) is 0.360. The first kappa shape index (κ1) is 13.1. The number of amides is 1. The first-order valence-corrected chi connectivity index (χ1v) is 6.64. The number of anilines is 1. The molecule has 1 amide bonds. The number of hydrogen-bond acceptors (Lipinski definition) is 4. The predicted octanol–water partition coefficient (Wildman–Crippen LogP) is 2.14. The summed E-state index contributed by atoms with van der Waals surface area (Å²) in [5.41, 5.74) is 1.50. The average molecular weight is 279 g/mol. The van der Waals surface area contributed by atoms with Crippen molar-refractivity contribution in [3.8, 4) is 11.8 Å². The molecule has 2 aromatic rings. The maximum atomic E-state index is 12.2. The zero-order chi connectivity index (χ0) is 14.7. The number of para-hydroxylation sites is 1. The summed E-state index contributed by atoms with van der Waals surface area (Å²) in [5.74, 6) is 0.926. The van der Waals surface area contributed by atoms with Gasteiger partial charge in [-0.3, -0.25) is 4.79 Å². The number of ether oxygens (including phenoxy) is 1. The van der Waals surface area contributed by atoms with Crippen LogP contribution < -0.4 is 10.1 Å². The van der Waals surface area contributed by atoms with Gasteiger partial charge in [0.2, 0.25) is 5.91 Å². The molecular weight excluding hydrogens is 266 g/mol. The number of carbonyl (C=O) groups is 1. The Balaban J connectivity index is 1.68. The van der Waals surface area contributed by atoms with Crippen LogP contribution in [0.4, 0.5) is 5.82 Å². The highest BCUT2D eigenvalue weighted by molar-refractivity contribution is 5.92. The molecule has 5 nitrogen and oxygen atoms in total. The lowest BCUT2D eigenvalue weighted by molar-refractivity contribution is -0.121. The number of fused-ring (bicyclic) bond motifs is 1. The molecule has 1 aliphatic heterocycles. The van der Waals surface area contributed by atoms with Crippen molar-refractivity contribution in [2.24, 2.45) is 5.92 Å². The topological polar surface area (TPSA) is 75.0 Å². The Morgan fingerprint density at radius 2 is 2.19 bits per heavy atom. The lowest BCUT2D eigenvalue weighted by Crippen LogP contribution is -2.32. The number of nitrogens with one attached hydrogen (secondary N) is 1. The van der Waals surface area contributed by atoms with Crippen molar-refractivity contribution < 1.29 is 9.53 Å². The van der Waals surface area contributed by atoms with Crippen LogP contribution in [0, 0.1) is 17.2 Å². The van der Waals surface area contributed by atoms with Crippen molar-refractivity contribution in [2.75, 3.05) is 11.9 Å². The monoisotopic (exact) mass is 279 g/mol. The van der Waals surface area contributed by atoms with Crippen LogP contribution in [0.25, 0.3) is 0 Å². The van der Waals surface area contributed by atoms with Gasteiger partial charge in [-0.15, -0.1) is 0 Å². The molecule has 0 saturated heterocycles. The average Bonchev–Trinajstić information content (AvgIpc) is 2.55. The lowest BCUT2D eigenvalue weighted by Gasteiger charge is -2.24. The summed E-state index contributed by atoms with van der Waals surface area (Å²) in [5, 5.41) is 11.5. The maximum Gasteiger partial charge on any atom is 0.232 e. The highest BCUT2D eigenvalue weighted by Gasteiger charge is 2.25. The van der Waals surface area contributed by atoms with E-state index in [4.69, 9.17) is 10.00 Å². The molecule has 1 aromatic heterocycles. The molecule has 0 radical (unpaired) electrons. The highest BCUT2D eigenvalue weighted by atomic mass is 16.5. The van der Waals surface area contributed by atoms with E-state index in [1.54, 1.807) is 12.1 Å². The second-order valence-corrected chi connectivity index (χ2v) is 4.85. The van der Waals surface area contributed by atoms with Crippen molar-refractivity contribution in [2.45, 2.75) is 6.42 Å². The number of carbonyl (C=O) groups excluding carboxylic acids is 1. The number of nitrogens with zero attached hydrogens (tertiary/aromatic N) is 2. The number of hydrogen-bond donors (Lipinski definition) is 1. The smallest absolute Gasteiger partial charge is 0.232 e. The molecule has 21 heavy (non-hydrogen) atoms. The molecule has 1 atom stereocenters. The molecule has 0 fully saturated rings. The Hall–Kier alpha value is -2.87. The van der Waals surface area contributed by atoms with E-state index >= 15 is 0 Å². The molecule has 0 bridgehead atoms. The van der Waals surface area contributed by atoms with Crippen molar-refractivity contribution in [3.05, 3.63) is 53.7 Å². The standard InChI is InChI=1S/C16H13N3O2/c17-8-11-5-6-15(18-9-11)19-16(20)13-7-12-3-1-2-4-14(12)21-10-13/h1-6,9,13H,7,10H2,(H,18,19,20). The second kappa shape index (κ2) is 5.63. The molecule has 1 unspecified atom stereocenters. The van der Waals surface area contributed by atoms with Gasteiger partial charge in [0, 0.05) is 6.20 Å². The molecule has 2 heterocycles. The summed E-state index contributed by atoms with van der Waals surface area (Å²) in [7, 11) is 0. The molecule has 104 valence electrons. The third-order valence-electron chi connectivity index (χ3n) is 3.39. The fourth-order valence-corrected chi connectivity index (χ4v) is 2.26. The first-order valence-electron chi connectivity index (χ1n) is 6.64. The van der Waals surface area contributed by atoms with Crippen LogP contribution in [0.15, 0.2) is 42.6 Å². The number of aromatic nitrogens is 1. The largest absolute Gasteiger partial charge is 0.492 e. The van der Waals surface area contributed by atoms with Gasteiger partial charge < -0.3 is 10.1 Å². The molecule has 0 aliphatic carbocycles. The van der Waals surface area contributed by atoms with E-state index in [9.17, 15) is 4.79 Å². The summed E-state index contributed by atoms with van der Waals surface area (Å²) in [6.07, 6.45) is 2.08. The van der Waals surface area contributed by atoms with Gasteiger partial charge in [-0.25, -0.2) is 4.98 Å². The Kier molecular flexibility index (Phi) is 3.52. The van der Waals surface area contributed by atoms with Gasteiger partial charge in [0.1, 0.15) is 24.2 Å². The van der Waals surface area contributed by atoms with Gasteiger partial charge in [0.15, 0.2) is 0 Å². The van der Waals surface area contributed by atoms with Crippen LogP contribution in [0.3, 0.4) is 0 Å². The van der Waals surface area contributed by atoms with E-state index in [0.29, 0.717) is 24.4 Å². The summed E-state index contributed by atoms with van der Waals surface area (Å²) < 4.78 is 5.61. The minimum absolute atomic E-state index is 0.123. The Morgan fingerprint density at radius 1 is 1.33 bits per heavy atom. The fraction of sp³-hybridized carbons (Fsp3) is 0.188. The maximum absolute atomic E-state index is 12.2. The number of pyridine rings is 1. The van der Waals surface area contributed by atoms with Crippen molar-refractivity contribution in [1.82, 2.24) is 4.98 Å². The van der Waals surface area contributed by atoms with Gasteiger partial charge in [-0.05, 0) is 30.2 Å².